The van der Waals surface area contributed by atoms with Gasteiger partial charge in [-0.05, 0) is 37.1 Å². The molecular weight excluding hydrogens is 394 g/mol. The number of aromatic nitrogens is 1. The van der Waals surface area contributed by atoms with E-state index in [9.17, 15) is 18.0 Å². The summed E-state index contributed by atoms with van der Waals surface area (Å²) in [7, 11) is -3.58. The largest absolute Gasteiger partial charge is 0.420 e. The Morgan fingerprint density at radius 2 is 1.69 bits per heavy atom. The second-order valence-corrected chi connectivity index (χ2v) is 8.73. The van der Waals surface area contributed by atoms with Gasteiger partial charge in [0, 0.05) is 19.1 Å². The van der Waals surface area contributed by atoms with Crippen molar-refractivity contribution in [2.24, 2.45) is 0 Å². The average molecular weight is 415 g/mol. The van der Waals surface area contributed by atoms with Gasteiger partial charge in [-0.25, -0.2) is 17.9 Å². The molecule has 1 fully saturated rings. The summed E-state index contributed by atoms with van der Waals surface area (Å²) in [6.07, 6.45) is 1.03. The fourth-order valence-electron chi connectivity index (χ4n) is 3.53. The van der Waals surface area contributed by atoms with E-state index in [4.69, 9.17) is 4.42 Å². The highest BCUT2D eigenvalue weighted by Crippen LogP contribution is 2.16. The molecular formula is C20H21N3O5S. The molecule has 152 valence electrons. The number of carbonyl (C=O) groups is 1. The Labute approximate surface area is 167 Å². The molecule has 29 heavy (non-hydrogen) atoms. The predicted octanol–water partition coefficient (Wildman–Crippen LogP) is 1.56. The summed E-state index contributed by atoms with van der Waals surface area (Å²) < 4.78 is 34.1. The third kappa shape index (κ3) is 4.10. The second-order valence-electron chi connectivity index (χ2n) is 7.01. The number of hydrogen-bond acceptors (Lipinski definition) is 5. The number of nitrogens with one attached hydrogen (secondary N) is 1. The van der Waals surface area contributed by atoms with Gasteiger partial charge < -0.3 is 9.32 Å². The predicted molar refractivity (Wildman–Crippen MR) is 107 cm³/mol. The zero-order chi connectivity index (χ0) is 20.4. The molecule has 0 bridgehead atoms. The Bertz CT molecular complexity index is 1180. The molecule has 4 rings (SSSR count). The van der Waals surface area contributed by atoms with Crippen LogP contribution in [0.25, 0.3) is 11.1 Å². The molecule has 2 heterocycles. The molecule has 1 saturated heterocycles. The molecule has 0 spiro atoms. The van der Waals surface area contributed by atoms with E-state index >= 15 is 0 Å². The molecule has 1 aliphatic rings. The van der Waals surface area contributed by atoms with Gasteiger partial charge in [0.15, 0.2) is 5.58 Å². The van der Waals surface area contributed by atoms with E-state index in [1.807, 2.05) is 0 Å². The van der Waals surface area contributed by atoms with Crippen molar-refractivity contribution in [2.75, 3.05) is 13.1 Å². The van der Waals surface area contributed by atoms with Crippen molar-refractivity contribution in [3.8, 4) is 0 Å². The van der Waals surface area contributed by atoms with Crippen LogP contribution in [0.15, 0.2) is 68.7 Å². The SMILES string of the molecule is O=C(Cn1c(=O)oc2ccccc21)N1CCC(NS(=O)(=O)c2ccccc2)CC1. The summed E-state index contributed by atoms with van der Waals surface area (Å²) in [6, 6.07) is 14.9. The Morgan fingerprint density at radius 1 is 1.03 bits per heavy atom. The average Bonchev–Trinajstić information content (AvgIpc) is 3.04. The highest BCUT2D eigenvalue weighted by Gasteiger charge is 2.27. The zero-order valence-electron chi connectivity index (χ0n) is 15.7. The molecule has 0 radical (unpaired) electrons. The molecule has 9 heteroatoms. The summed E-state index contributed by atoms with van der Waals surface area (Å²) >= 11 is 0. The Balaban J connectivity index is 1.37. The lowest BCUT2D eigenvalue weighted by molar-refractivity contribution is -0.132. The van der Waals surface area contributed by atoms with Crippen molar-refractivity contribution in [1.82, 2.24) is 14.2 Å². The molecule has 1 amide bonds. The molecule has 0 aliphatic carbocycles. The lowest BCUT2D eigenvalue weighted by Gasteiger charge is -2.32. The highest BCUT2D eigenvalue weighted by molar-refractivity contribution is 7.89. The third-order valence-corrected chi connectivity index (χ3v) is 6.63. The molecule has 8 nitrogen and oxygen atoms in total. The number of benzene rings is 2. The maximum atomic E-state index is 12.7. The number of para-hydroxylation sites is 2. The number of carbonyl (C=O) groups excluding carboxylic acids is 1. The van der Waals surface area contributed by atoms with E-state index < -0.39 is 15.8 Å². The first-order valence-electron chi connectivity index (χ1n) is 9.37. The molecule has 0 saturated carbocycles. The van der Waals surface area contributed by atoms with Gasteiger partial charge in [0.1, 0.15) is 6.54 Å². The number of amides is 1. The van der Waals surface area contributed by atoms with Crippen molar-refractivity contribution in [1.29, 1.82) is 0 Å². The van der Waals surface area contributed by atoms with E-state index in [0.717, 1.165) is 0 Å². The number of likely N-dealkylation sites (tertiary alicyclic amines) is 1. The summed E-state index contributed by atoms with van der Waals surface area (Å²) in [5.41, 5.74) is 1.02. The highest BCUT2D eigenvalue weighted by atomic mass is 32.2. The minimum Gasteiger partial charge on any atom is -0.408 e. The first-order valence-corrected chi connectivity index (χ1v) is 10.9. The molecule has 0 atom stereocenters. The summed E-state index contributed by atoms with van der Waals surface area (Å²) in [5, 5.41) is 0. The topological polar surface area (TPSA) is 102 Å². The van der Waals surface area contributed by atoms with Gasteiger partial charge in [-0.1, -0.05) is 30.3 Å². The molecule has 1 aliphatic heterocycles. The van der Waals surface area contributed by atoms with E-state index in [2.05, 4.69) is 4.72 Å². The number of nitrogens with zero attached hydrogens (tertiary/aromatic N) is 2. The van der Waals surface area contributed by atoms with Crippen molar-refractivity contribution < 1.29 is 17.6 Å². The smallest absolute Gasteiger partial charge is 0.408 e. The second kappa shape index (κ2) is 7.84. The van der Waals surface area contributed by atoms with Gasteiger partial charge in [0.2, 0.25) is 15.9 Å². The van der Waals surface area contributed by atoms with Gasteiger partial charge >= 0.3 is 5.76 Å². The van der Waals surface area contributed by atoms with Crippen molar-refractivity contribution in [3.05, 3.63) is 65.1 Å². The van der Waals surface area contributed by atoms with Crippen LogP contribution in [0.5, 0.6) is 0 Å². The van der Waals surface area contributed by atoms with E-state index in [-0.39, 0.29) is 23.4 Å². The summed E-state index contributed by atoms with van der Waals surface area (Å²) in [4.78, 5) is 26.6. The van der Waals surface area contributed by atoms with Crippen molar-refractivity contribution in [3.63, 3.8) is 0 Å². The minimum atomic E-state index is -3.58. The monoisotopic (exact) mass is 415 g/mol. The first kappa shape index (κ1) is 19.4. The lowest BCUT2D eigenvalue weighted by atomic mass is 10.1. The van der Waals surface area contributed by atoms with Crippen molar-refractivity contribution >= 4 is 27.0 Å². The standard InChI is InChI=1S/C20H21N3O5S/c24-19(14-23-17-8-4-5-9-18(17)28-20(23)25)22-12-10-15(11-13-22)21-29(26,27)16-6-2-1-3-7-16/h1-9,15,21H,10-14H2. The van der Waals surface area contributed by atoms with Crippen LogP contribution < -0.4 is 10.5 Å². The zero-order valence-corrected chi connectivity index (χ0v) is 16.5. The van der Waals surface area contributed by atoms with E-state index in [1.165, 1.54) is 4.57 Å². The van der Waals surface area contributed by atoms with Gasteiger partial charge in [-0.15, -0.1) is 0 Å². The number of piperidine rings is 1. The van der Waals surface area contributed by atoms with Crippen LogP contribution in [0.1, 0.15) is 12.8 Å². The van der Waals surface area contributed by atoms with Crippen LogP contribution in [0, 0.1) is 0 Å². The Kier molecular flexibility index (Phi) is 5.25. The fraction of sp³-hybridized carbons (Fsp3) is 0.300. The molecule has 3 aromatic rings. The molecule has 1 N–H and O–H groups in total. The number of sulfonamides is 1. The molecule has 0 unspecified atom stereocenters. The lowest BCUT2D eigenvalue weighted by Crippen LogP contribution is -2.47. The van der Waals surface area contributed by atoms with Crippen LogP contribution in [0.4, 0.5) is 0 Å². The maximum Gasteiger partial charge on any atom is 0.420 e. The third-order valence-electron chi connectivity index (χ3n) is 5.09. The number of hydrogen-bond donors (Lipinski definition) is 1. The Hall–Kier alpha value is -2.91. The van der Waals surface area contributed by atoms with Crippen LogP contribution in [0.2, 0.25) is 0 Å². The van der Waals surface area contributed by atoms with Crippen molar-refractivity contribution in [2.45, 2.75) is 30.3 Å². The Morgan fingerprint density at radius 3 is 2.41 bits per heavy atom. The van der Waals surface area contributed by atoms with Gasteiger partial charge in [0.25, 0.3) is 0 Å². The van der Waals surface area contributed by atoms with E-state index in [1.54, 1.807) is 59.5 Å². The van der Waals surface area contributed by atoms with E-state index in [0.29, 0.717) is 37.0 Å². The van der Waals surface area contributed by atoms with Gasteiger partial charge in [-0.3, -0.25) is 9.36 Å². The minimum absolute atomic E-state index is 0.101. The molecule has 1 aromatic heterocycles. The van der Waals surface area contributed by atoms with Crippen LogP contribution in [0.3, 0.4) is 0 Å². The quantitative estimate of drug-likeness (QED) is 0.682. The summed E-state index contributed by atoms with van der Waals surface area (Å²) in [5.74, 6) is -0.756. The number of oxazole rings is 1. The summed E-state index contributed by atoms with van der Waals surface area (Å²) in [6.45, 7) is 0.743. The number of rotatable bonds is 5. The normalized spacial score (nSPS) is 15.7. The molecule has 2 aromatic carbocycles. The van der Waals surface area contributed by atoms with Gasteiger partial charge in [0.05, 0.1) is 10.4 Å². The maximum absolute atomic E-state index is 12.7. The van der Waals surface area contributed by atoms with Crippen LogP contribution in [-0.4, -0.2) is 42.9 Å². The fourth-order valence-corrected chi connectivity index (χ4v) is 4.86. The van der Waals surface area contributed by atoms with Gasteiger partial charge in [-0.2, -0.15) is 0 Å². The number of fused-ring (bicyclic) bond motifs is 1. The van der Waals surface area contributed by atoms with Crippen LogP contribution >= 0.6 is 0 Å². The van der Waals surface area contributed by atoms with Crippen LogP contribution in [-0.2, 0) is 21.4 Å². The first-order chi connectivity index (χ1) is 13.9.